The summed E-state index contributed by atoms with van der Waals surface area (Å²) < 4.78 is 0. The number of nitrogens with zero attached hydrogens (tertiary/aromatic N) is 1. The van der Waals surface area contributed by atoms with E-state index in [1.807, 2.05) is 6.20 Å². The summed E-state index contributed by atoms with van der Waals surface area (Å²) in [7, 11) is 0. The molecule has 0 aliphatic heterocycles. The van der Waals surface area contributed by atoms with Crippen molar-refractivity contribution in [1.29, 1.82) is 0 Å². The molecule has 0 amide bonds. The van der Waals surface area contributed by atoms with Gasteiger partial charge in [-0.25, -0.2) is 0 Å². The third kappa shape index (κ3) is 3.36. The van der Waals surface area contributed by atoms with Crippen LogP contribution in [0, 0.1) is 5.41 Å². The molecule has 1 aliphatic rings. The van der Waals surface area contributed by atoms with Gasteiger partial charge in [-0.05, 0) is 56.2 Å². The van der Waals surface area contributed by atoms with Crippen molar-refractivity contribution in [3.63, 3.8) is 0 Å². The van der Waals surface area contributed by atoms with Crippen LogP contribution in [0.5, 0.6) is 0 Å². The average Bonchev–Trinajstić information content (AvgIpc) is 2.37. The normalized spacial score (nSPS) is 20.9. The van der Waals surface area contributed by atoms with Gasteiger partial charge in [0, 0.05) is 23.9 Å². The molecule has 0 radical (unpaired) electrons. The summed E-state index contributed by atoms with van der Waals surface area (Å²) in [5.41, 5.74) is 3.15. The van der Waals surface area contributed by atoms with Crippen molar-refractivity contribution in [2.75, 3.05) is 6.54 Å². The van der Waals surface area contributed by atoms with Crippen molar-refractivity contribution in [3.8, 4) is 0 Å². The molecule has 1 heterocycles. The molecule has 0 bridgehead atoms. The highest BCUT2D eigenvalue weighted by Crippen LogP contribution is 2.45. The molecule has 2 nitrogen and oxygen atoms in total. The lowest BCUT2D eigenvalue weighted by Crippen LogP contribution is -2.35. The average molecular weight is 260 g/mol. The minimum Gasteiger partial charge on any atom is -0.315 e. The van der Waals surface area contributed by atoms with E-state index in [-0.39, 0.29) is 0 Å². The van der Waals surface area contributed by atoms with E-state index < -0.39 is 0 Å². The van der Waals surface area contributed by atoms with E-state index in [4.69, 9.17) is 4.98 Å². The maximum atomic E-state index is 4.70. The van der Waals surface area contributed by atoms with Crippen LogP contribution in [0.3, 0.4) is 0 Å². The van der Waals surface area contributed by atoms with Crippen molar-refractivity contribution in [3.05, 3.63) is 29.6 Å². The monoisotopic (exact) mass is 260 g/mol. The molecule has 0 fully saturated rings. The standard InChI is InChI=1S/C17H28N2/c1-5-18-13(2)12-17(3,4)15-10-6-8-14-9-7-11-19-16(14)15/h7,9,11,13,15,18H,5-6,8,10,12H2,1-4H3. The third-order valence-electron chi connectivity index (χ3n) is 4.52. The lowest BCUT2D eigenvalue weighted by molar-refractivity contribution is 0.210. The van der Waals surface area contributed by atoms with Crippen LogP contribution in [-0.4, -0.2) is 17.6 Å². The lowest BCUT2D eigenvalue weighted by atomic mass is 9.67. The van der Waals surface area contributed by atoms with E-state index in [0.717, 1.165) is 6.54 Å². The van der Waals surface area contributed by atoms with Gasteiger partial charge in [0.2, 0.25) is 0 Å². The van der Waals surface area contributed by atoms with Crippen molar-refractivity contribution >= 4 is 0 Å². The van der Waals surface area contributed by atoms with Crippen LogP contribution < -0.4 is 5.32 Å². The maximum Gasteiger partial charge on any atom is 0.0471 e. The Kier molecular flexibility index (Phi) is 4.62. The molecule has 2 atom stereocenters. The number of nitrogens with one attached hydrogen (secondary N) is 1. The molecule has 1 N–H and O–H groups in total. The van der Waals surface area contributed by atoms with E-state index in [1.165, 1.54) is 36.9 Å². The number of fused-ring (bicyclic) bond motifs is 1. The summed E-state index contributed by atoms with van der Waals surface area (Å²) >= 11 is 0. The first-order valence-corrected chi connectivity index (χ1v) is 7.71. The Balaban J connectivity index is 2.17. The Bertz CT molecular complexity index is 411. The zero-order valence-electron chi connectivity index (χ0n) is 12.9. The molecule has 1 aromatic heterocycles. The first-order chi connectivity index (χ1) is 9.04. The maximum absolute atomic E-state index is 4.70. The highest BCUT2D eigenvalue weighted by Gasteiger charge is 2.35. The topological polar surface area (TPSA) is 24.9 Å². The zero-order valence-corrected chi connectivity index (χ0v) is 12.9. The van der Waals surface area contributed by atoms with Crippen LogP contribution in [0.4, 0.5) is 0 Å². The van der Waals surface area contributed by atoms with E-state index >= 15 is 0 Å². The van der Waals surface area contributed by atoms with Crippen LogP contribution in [0.25, 0.3) is 0 Å². The molecule has 106 valence electrons. The number of aromatic nitrogens is 1. The van der Waals surface area contributed by atoms with Crippen molar-refractivity contribution in [2.24, 2.45) is 5.41 Å². The van der Waals surface area contributed by atoms with Gasteiger partial charge in [-0.2, -0.15) is 0 Å². The molecule has 1 aromatic rings. The van der Waals surface area contributed by atoms with Crippen LogP contribution in [0.15, 0.2) is 18.3 Å². The first-order valence-electron chi connectivity index (χ1n) is 7.71. The summed E-state index contributed by atoms with van der Waals surface area (Å²) in [6.07, 6.45) is 6.97. The van der Waals surface area contributed by atoms with Gasteiger partial charge < -0.3 is 5.32 Å². The van der Waals surface area contributed by atoms with E-state index in [2.05, 4.69) is 45.1 Å². The molecule has 2 heteroatoms. The van der Waals surface area contributed by atoms with Gasteiger partial charge in [-0.3, -0.25) is 4.98 Å². The van der Waals surface area contributed by atoms with Crippen molar-refractivity contribution in [1.82, 2.24) is 10.3 Å². The predicted molar refractivity (Wildman–Crippen MR) is 81.5 cm³/mol. The minimum atomic E-state index is 0.311. The summed E-state index contributed by atoms with van der Waals surface area (Å²) in [4.78, 5) is 4.70. The van der Waals surface area contributed by atoms with Crippen LogP contribution in [0.2, 0.25) is 0 Å². The highest BCUT2D eigenvalue weighted by molar-refractivity contribution is 5.27. The minimum absolute atomic E-state index is 0.311. The van der Waals surface area contributed by atoms with Gasteiger partial charge in [0.25, 0.3) is 0 Å². The summed E-state index contributed by atoms with van der Waals surface area (Å²) in [5, 5.41) is 3.54. The molecule has 0 spiro atoms. The van der Waals surface area contributed by atoms with Crippen molar-refractivity contribution < 1.29 is 0 Å². The van der Waals surface area contributed by atoms with Gasteiger partial charge >= 0.3 is 0 Å². The number of rotatable bonds is 5. The van der Waals surface area contributed by atoms with Gasteiger partial charge in [-0.15, -0.1) is 0 Å². The highest BCUT2D eigenvalue weighted by atomic mass is 14.9. The summed E-state index contributed by atoms with van der Waals surface area (Å²) in [6.45, 7) is 10.4. The van der Waals surface area contributed by atoms with Crippen LogP contribution in [-0.2, 0) is 6.42 Å². The zero-order chi connectivity index (χ0) is 13.9. The Morgan fingerprint density at radius 2 is 2.26 bits per heavy atom. The second kappa shape index (κ2) is 6.04. The second-order valence-electron chi connectivity index (χ2n) is 6.64. The van der Waals surface area contributed by atoms with E-state index in [0.29, 0.717) is 17.4 Å². The molecule has 2 unspecified atom stereocenters. The third-order valence-corrected chi connectivity index (χ3v) is 4.52. The molecular weight excluding hydrogens is 232 g/mol. The number of hydrogen-bond acceptors (Lipinski definition) is 2. The molecule has 0 saturated carbocycles. The fourth-order valence-electron chi connectivity index (χ4n) is 3.72. The predicted octanol–water partition coefficient (Wildman–Crippen LogP) is 3.92. The Morgan fingerprint density at radius 3 is 3.00 bits per heavy atom. The van der Waals surface area contributed by atoms with Gasteiger partial charge in [0.05, 0.1) is 0 Å². The summed E-state index contributed by atoms with van der Waals surface area (Å²) in [6, 6.07) is 4.92. The Labute approximate surface area is 118 Å². The van der Waals surface area contributed by atoms with Crippen molar-refractivity contribution in [2.45, 2.75) is 65.3 Å². The molecule has 0 aromatic carbocycles. The fourth-order valence-corrected chi connectivity index (χ4v) is 3.72. The fraction of sp³-hybridized carbons (Fsp3) is 0.706. The molecule has 2 rings (SSSR count). The number of aryl methyl sites for hydroxylation is 1. The Hall–Kier alpha value is -0.890. The number of pyridine rings is 1. The van der Waals surface area contributed by atoms with Gasteiger partial charge in [0.15, 0.2) is 0 Å². The van der Waals surface area contributed by atoms with Gasteiger partial charge in [0.1, 0.15) is 0 Å². The largest absolute Gasteiger partial charge is 0.315 e. The van der Waals surface area contributed by atoms with Crippen LogP contribution in [0.1, 0.15) is 64.1 Å². The first kappa shape index (κ1) is 14.5. The molecule has 19 heavy (non-hydrogen) atoms. The molecule has 1 aliphatic carbocycles. The quantitative estimate of drug-likeness (QED) is 0.868. The number of hydrogen-bond donors (Lipinski definition) is 1. The second-order valence-corrected chi connectivity index (χ2v) is 6.64. The lowest BCUT2D eigenvalue weighted by Gasteiger charge is -2.39. The van der Waals surface area contributed by atoms with Crippen LogP contribution >= 0.6 is 0 Å². The smallest absolute Gasteiger partial charge is 0.0471 e. The Morgan fingerprint density at radius 1 is 1.47 bits per heavy atom. The summed E-state index contributed by atoms with van der Waals surface area (Å²) in [5.74, 6) is 0.610. The van der Waals surface area contributed by atoms with E-state index in [9.17, 15) is 0 Å². The van der Waals surface area contributed by atoms with E-state index in [1.54, 1.807) is 0 Å². The molecule has 0 saturated heterocycles. The van der Waals surface area contributed by atoms with Gasteiger partial charge in [-0.1, -0.05) is 26.8 Å². The SMILES string of the molecule is CCNC(C)CC(C)(C)C1CCCc2cccnc21. The molecular formula is C17H28N2.